The van der Waals surface area contributed by atoms with Crippen molar-refractivity contribution >= 4 is 41.6 Å². The number of nitrogens with two attached hydrogens (primary N) is 2. The molecule has 0 radical (unpaired) electrons. The minimum Gasteiger partial charge on any atom is -0.491 e. The summed E-state index contributed by atoms with van der Waals surface area (Å²) in [6.45, 7) is -2.12. The number of nitrogens with zero attached hydrogens (tertiary/aromatic N) is 1. The second-order valence-corrected chi connectivity index (χ2v) is 8.45. The molecular weight excluding hydrogens is 380 g/mol. The van der Waals surface area contributed by atoms with E-state index in [0.29, 0.717) is 21.5 Å². The number of pyridine rings is 1. The van der Waals surface area contributed by atoms with Crippen LogP contribution in [0, 0.1) is 0 Å². The van der Waals surface area contributed by atoms with Crippen molar-refractivity contribution in [3.63, 3.8) is 0 Å². The fourth-order valence-electron chi connectivity index (χ4n) is 1.53. The molecule has 0 spiro atoms. The van der Waals surface area contributed by atoms with Gasteiger partial charge in [0.25, 0.3) is 0 Å². The Balaban J connectivity index is 1.88. The normalized spacial score (nSPS) is 11.3. The van der Waals surface area contributed by atoms with Gasteiger partial charge in [-0.3, -0.25) is 11.0 Å². The zero-order valence-corrected chi connectivity index (χ0v) is 15.0. The predicted molar refractivity (Wildman–Crippen MR) is 94.9 cm³/mol. The van der Waals surface area contributed by atoms with Gasteiger partial charge in [0, 0.05) is 6.20 Å². The Morgan fingerprint density at radius 3 is 2.35 bits per heavy atom. The van der Waals surface area contributed by atoms with Crippen LogP contribution in [0.3, 0.4) is 0 Å². The quantitative estimate of drug-likeness (QED) is 0.546. The van der Waals surface area contributed by atoms with Crippen LogP contribution in [0.1, 0.15) is 0 Å². The highest BCUT2D eigenvalue weighted by molar-refractivity contribution is 8.10. The number of halogens is 2. The van der Waals surface area contributed by atoms with Crippen LogP contribution in [-0.4, -0.2) is 18.2 Å². The molecule has 6 nitrogen and oxygen atoms in total. The van der Waals surface area contributed by atoms with Gasteiger partial charge in [0.15, 0.2) is 6.57 Å². The number of ether oxygens (including phenoxy) is 2. The number of hydrogen-bond acceptors (Lipinski definition) is 5. The molecule has 10 heteroatoms. The average Bonchev–Trinajstić information content (AvgIpc) is 2.47. The summed E-state index contributed by atoms with van der Waals surface area (Å²) in [7, 11) is 0. The highest BCUT2D eigenvalue weighted by Crippen LogP contribution is 2.30. The minimum absolute atomic E-state index is 0.229. The summed E-state index contributed by atoms with van der Waals surface area (Å²) >= 11 is 16.5. The van der Waals surface area contributed by atoms with Crippen LogP contribution < -0.4 is 20.5 Å². The lowest BCUT2D eigenvalue weighted by Crippen LogP contribution is -2.12. The third-order valence-corrected chi connectivity index (χ3v) is 3.84. The SMILES string of the molecule is NP(N)(=S)OCCOc1ccc(Oc2ncc(Cl)cc2Cl)cc1. The van der Waals surface area contributed by atoms with Crippen LogP contribution in [-0.2, 0) is 16.3 Å². The van der Waals surface area contributed by atoms with Crippen molar-refractivity contribution < 1.29 is 14.0 Å². The lowest BCUT2D eigenvalue weighted by Gasteiger charge is -2.12. The van der Waals surface area contributed by atoms with Gasteiger partial charge >= 0.3 is 0 Å². The standard InChI is InChI=1S/C13H14Cl2N3O3PS/c14-9-7-12(15)13(18-8-9)21-11-3-1-10(2-4-11)19-5-6-20-22(16,17)23/h1-4,7-8H,5-6H2,(H4,16,17,23). The Hall–Kier alpha value is -0.920. The first-order chi connectivity index (χ1) is 10.8. The van der Waals surface area contributed by atoms with Crippen molar-refractivity contribution in [3.05, 3.63) is 46.6 Å². The Kier molecular flexibility index (Phi) is 6.61. The second kappa shape index (κ2) is 8.26. The number of hydrogen-bond donors (Lipinski definition) is 2. The largest absolute Gasteiger partial charge is 0.491 e. The van der Waals surface area contributed by atoms with Gasteiger partial charge in [-0.1, -0.05) is 23.2 Å². The summed E-state index contributed by atoms with van der Waals surface area (Å²) in [5, 5.41) is 0.767. The molecule has 0 atom stereocenters. The maximum Gasteiger partial charge on any atom is 0.238 e. The molecule has 2 aromatic rings. The van der Waals surface area contributed by atoms with E-state index in [-0.39, 0.29) is 19.1 Å². The fourth-order valence-corrected chi connectivity index (χ4v) is 2.53. The van der Waals surface area contributed by atoms with Crippen LogP contribution in [0.5, 0.6) is 17.4 Å². The van der Waals surface area contributed by atoms with Gasteiger partial charge in [-0.2, -0.15) is 0 Å². The molecule has 2 rings (SSSR count). The first-order valence-corrected chi connectivity index (χ1v) is 9.98. The van der Waals surface area contributed by atoms with Crippen molar-refractivity contribution in [2.75, 3.05) is 13.2 Å². The molecule has 0 fully saturated rings. The molecule has 4 N–H and O–H groups in total. The Labute approximate surface area is 148 Å². The molecule has 0 bridgehead atoms. The highest BCUT2D eigenvalue weighted by Gasteiger charge is 2.06. The zero-order valence-electron chi connectivity index (χ0n) is 11.8. The van der Waals surface area contributed by atoms with Crippen molar-refractivity contribution in [3.8, 4) is 17.4 Å². The first kappa shape index (κ1) is 18.4. The Morgan fingerprint density at radius 1 is 1.09 bits per heavy atom. The van der Waals surface area contributed by atoms with Gasteiger partial charge in [-0.05, 0) is 42.1 Å². The van der Waals surface area contributed by atoms with E-state index < -0.39 is 6.57 Å². The molecule has 0 saturated carbocycles. The van der Waals surface area contributed by atoms with Crippen LogP contribution in [0.25, 0.3) is 0 Å². The van der Waals surface area contributed by atoms with Crippen molar-refractivity contribution in [2.45, 2.75) is 0 Å². The zero-order chi connectivity index (χ0) is 16.9. The molecule has 0 aliphatic heterocycles. The van der Waals surface area contributed by atoms with E-state index in [1.54, 1.807) is 30.3 Å². The molecule has 23 heavy (non-hydrogen) atoms. The molecule has 1 aromatic heterocycles. The first-order valence-electron chi connectivity index (χ1n) is 6.37. The number of benzene rings is 1. The van der Waals surface area contributed by atoms with E-state index in [9.17, 15) is 0 Å². The van der Waals surface area contributed by atoms with Crippen molar-refractivity contribution in [1.29, 1.82) is 0 Å². The van der Waals surface area contributed by atoms with Gasteiger partial charge < -0.3 is 14.0 Å². The van der Waals surface area contributed by atoms with E-state index >= 15 is 0 Å². The summed E-state index contributed by atoms with van der Waals surface area (Å²) in [6.07, 6.45) is 1.46. The third-order valence-electron chi connectivity index (χ3n) is 2.46. The summed E-state index contributed by atoms with van der Waals surface area (Å²) in [6, 6.07) is 8.47. The van der Waals surface area contributed by atoms with Gasteiger partial charge in [0.05, 0.1) is 11.6 Å². The number of aromatic nitrogens is 1. The van der Waals surface area contributed by atoms with E-state index in [1.165, 1.54) is 6.20 Å². The number of rotatable bonds is 7. The molecule has 0 unspecified atom stereocenters. The van der Waals surface area contributed by atoms with Gasteiger partial charge in [-0.25, -0.2) is 4.98 Å². The lowest BCUT2D eigenvalue weighted by molar-refractivity contribution is 0.230. The van der Waals surface area contributed by atoms with E-state index in [4.69, 9.17) is 60.0 Å². The van der Waals surface area contributed by atoms with Crippen LogP contribution >= 0.6 is 29.8 Å². The summed E-state index contributed by atoms with van der Waals surface area (Å²) in [5.74, 6) is 1.47. The summed E-state index contributed by atoms with van der Waals surface area (Å²) < 4.78 is 16.1. The Bertz CT molecular complexity index is 712. The average molecular weight is 394 g/mol. The second-order valence-electron chi connectivity index (χ2n) is 4.34. The van der Waals surface area contributed by atoms with Crippen LogP contribution in [0.2, 0.25) is 10.0 Å². The lowest BCUT2D eigenvalue weighted by atomic mass is 10.3. The van der Waals surface area contributed by atoms with Gasteiger partial charge in [-0.15, -0.1) is 0 Å². The predicted octanol–water partition coefficient (Wildman–Crippen LogP) is 3.72. The van der Waals surface area contributed by atoms with Crippen molar-refractivity contribution in [2.24, 2.45) is 11.0 Å². The van der Waals surface area contributed by atoms with Crippen molar-refractivity contribution in [1.82, 2.24) is 4.98 Å². The molecule has 0 aliphatic rings. The highest BCUT2D eigenvalue weighted by atomic mass is 35.5. The molecular formula is C13H14Cl2N3O3PS. The summed E-state index contributed by atoms with van der Waals surface area (Å²) in [5.41, 5.74) is 10.8. The van der Waals surface area contributed by atoms with Gasteiger partial charge in [0.1, 0.15) is 23.1 Å². The maximum absolute atomic E-state index is 6.00. The van der Waals surface area contributed by atoms with Crippen LogP contribution in [0.15, 0.2) is 36.5 Å². The molecule has 0 aliphatic carbocycles. The molecule has 1 aromatic carbocycles. The van der Waals surface area contributed by atoms with E-state index in [0.717, 1.165) is 0 Å². The van der Waals surface area contributed by atoms with Gasteiger partial charge in [0.2, 0.25) is 5.88 Å². The van der Waals surface area contributed by atoms with E-state index in [2.05, 4.69) is 4.98 Å². The molecule has 0 amide bonds. The Morgan fingerprint density at radius 2 is 1.74 bits per heavy atom. The van der Waals surface area contributed by atoms with Crippen LogP contribution in [0.4, 0.5) is 0 Å². The van der Waals surface area contributed by atoms with E-state index in [1.807, 2.05) is 0 Å². The molecule has 0 saturated heterocycles. The molecule has 124 valence electrons. The minimum atomic E-state index is -2.64. The third kappa shape index (κ3) is 6.61. The molecule has 1 heterocycles. The maximum atomic E-state index is 6.00. The summed E-state index contributed by atoms with van der Waals surface area (Å²) in [4.78, 5) is 4.01. The topological polar surface area (TPSA) is 92.6 Å². The fraction of sp³-hybridized carbons (Fsp3) is 0.154. The monoisotopic (exact) mass is 393 g/mol. The smallest absolute Gasteiger partial charge is 0.238 e.